The third-order valence-corrected chi connectivity index (χ3v) is 8.48. The van der Waals surface area contributed by atoms with E-state index in [2.05, 4.69) is 44.3 Å². The minimum Gasteiger partial charge on any atom is -0.456 e. The average molecular weight is 440 g/mol. The van der Waals surface area contributed by atoms with Gasteiger partial charge in [-0.05, 0) is 69.5 Å². The predicted octanol–water partition coefficient (Wildman–Crippen LogP) is 7.56. The Kier molecular flexibility index (Phi) is 9.05. The van der Waals surface area contributed by atoms with E-state index >= 15 is 0 Å². The van der Waals surface area contributed by atoms with Gasteiger partial charge in [0.15, 0.2) is 16.6 Å². The summed E-state index contributed by atoms with van der Waals surface area (Å²) in [5.74, 6) is 0. The van der Waals surface area contributed by atoms with Crippen LogP contribution < -0.4 is 0 Å². The highest BCUT2D eigenvalue weighted by molar-refractivity contribution is 6.83. The first-order valence-electron chi connectivity index (χ1n) is 9.63. The van der Waals surface area contributed by atoms with Crippen LogP contribution in [0.15, 0.2) is 59.6 Å². The molecule has 0 bridgehead atoms. The maximum absolute atomic E-state index is 12.4. The quantitative estimate of drug-likeness (QED) is 0.348. The lowest BCUT2D eigenvalue weighted by molar-refractivity contribution is -0.137. The number of halogens is 3. The second-order valence-electron chi connectivity index (χ2n) is 8.81. The zero-order chi connectivity index (χ0) is 22.3. The third kappa shape index (κ3) is 11.2. The van der Waals surface area contributed by atoms with Crippen molar-refractivity contribution in [1.29, 1.82) is 0 Å². The molecule has 0 saturated heterocycles. The molecule has 0 unspecified atom stereocenters. The van der Waals surface area contributed by atoms with E-state index in [0.717, 1.165) is 17.7 Å². The maximum Gasteiger partial charge on any atom is 0.416 e. The van der Waals surface area contributed by atoms with E-state index in [9.17, 15) is 13.2 Å². The van der Waals surface area contributed by atoms with Gasteiger partial charge in [-0.1, -0.05) is 42.5 Å². The monoisotopic (exact) mass is 439 g/mol. The predicted molar refractivity (Wildman–Crippen MR) is 122 cm³/mol. The van der Waals surface area contributed by atoms with Crippen LogP contribution in [0.3, 0.4) is 0 Å². The van der Waals surface area contributed by atoms with Crippen LogP contribution in [0.1, 0.15) is 29.7 Å². The van der Waals surface area contributed by atoms with Crippen LogP contribution in [0, 0.1) is 0 Å². The zero-order valence-electron chi connectivity index (χ0n) is 18.3. The summed E-state index contributed by atoms with van der Waals surface area (Å²) in [6, 6.07) is 14.7. The molecule has 0 aromatic heterocycles. The minimum absolute atomic E-state index is 0.0292. The smallest absolute Gasteiger partial charge is 0.416 e. The molecule has 7 heteroatoms. The Morgan fingerprint density at radius 1 is 0.828 bits per heavy atom. The Labute approximate surface area is 175 Å². The first kappa shape index (κ1) is 25.3. The fourth-order valence-corrected chi connectivity index (χ4v) is 10.0. The molecule has 1 atom stereocenters. The molecular formula is C22H32F3NOSi2. The molecule has 0 heterocycles. The van der Waals surface area contributed by atoms with Crippen molar-refractivity contribution >= 4 is 22.8 Å². The summed E-state index contributed by atoms with van der Waals surface area (Å²) in [6.07, 6.45) is -2.70. The molecule has 0 spiro atoms. The number of alkyl halides is 3. The molecule has 0 amide bonds. The van der Waals surface area contributed by atoms with Crippen molar-refractivity contribution in [2.75, 3.05) is 0 Å². The van der Waals surface area contributed by atoms with Crippen molar-refractivity contribution in [3.05, 3.63) is 71.3 Å². The summed E-state index contributed by atoms with van der Waals surface area (Å²) in [6.45, 7) is 15.4. The number of nitrogens with zero attached hydrogens (tertiary/aromatic N) is 1. The van der Waals surface area contributed by atoms with Crippen LogP contribution in [0.2, 0.25) is 39.3 Å². The van der Waals surface area contributed by atoms with Gasteiger partial charge in [0.05, 0.1) is 11.6 Å². The minimum atomic E-state index is -4.30. The van der Waals surface area contributed by atoms with Crippen LogP contribution in [-0.2, 0) is 10.3 Å². The highest BCUT2D eigenvalue weighted by atomic mass is 28.4. The Bertz CT molecular complexity index is 750. The summed E-state index contributed by atoms with van der Waals surface area (Å²) >= 11 is 0. The van der Waals surface area contributed by atoms with E-state index in [1.165, 1.54) is 12.1 Å². The number of hydrogen-bond acceptors (Lipinski definition) is 2. The van der Waals surface area contributed by atoms with Crippen molar-refractivity contribution in [2.24, 2.45) is 4.99 Å². The summed E-state index contributed by atoms with van der Waals surface area (Å²) in [4.78, 5) is 4.35. The number of benzene rings is 2. The fourth-order valence-electron chi connectivity index (χ4n) is 2.69. The molecule has 2 rings (SSSR count). The second-order valence-corrected chi connectivity index (χ2v) is 18.1. The molecular weight excluding hydrogens is 407 g/mol. The molecule has 0 aliphatic heterocycles. The largest absolute Gasteiger partial charge is 0.456 e. The van der Waals surface area contributed by atoms with Gasteiger partial charge >= 0.3 is 6.18 Å². The van der Waals surface area contributed by atoms with Gasteiger partial charge < -0.3 is 4.12 Å². The normalized spacial score (nSPS) is 13.7. The Morgan fingerprint density at radius 3 is 1.69 bits per heavy atom. The van der Waals surface area contributed by atoms with Crippen LogP contribution in [0.4, 0.5) is 13.2 Å². The maximum atomic E-state index is 12.4. The van der Waals surface area contributed by atoms with Gasteiger partial charge in [-0.3, -0.25) is 4.99 Å². The number of rotatable bonds is 5. The van der Waals surface area contributed by atoms with Crippen LogP contribution in [0.25, 0.3) is 0 Å². The van der Waals surface area contributed by atoms with Crippen molar-refractivity contribution in [2.45, 2.75) is 58.4 Å². The zero-order valence-corrected chi connectivity index (χ0v) is 20.3. The molecule has 29 heavy (non-hydrogen) atoms. The lowest BCUT2D eigenvalue weighted by Gasteiger charge is -2.27. The standard InChI is InChI=1S/C16H14F3N.C6H18OSi2/c1-12(14-5-3-2-4-6-14)20-11-13-7-9-15(10-8-13)16(17,18)19;1-8(2,3)7-9(4,5)6/h2-12H,1H3;1-6H3/t12-;/m0./s1. The highest BCUT2D eigenvalue weighted by Crippen LogP contribution is 2.29. The molecule has 0 aliphatic rings. The molecule has 160 valence electrons. The van der Waals surface area contributed by atoms with Crippen LogP contribution >= 0.6 is 0 Å². The van der Waals surface area contributed by atoms with Gasteiger partial charge in [0.25, 0.3) is 0 Å². The topological polar surface area (TPSA) is 21.6 Å². The van der Waals surface area contributed by atoms with Gasteiger partial charge in [0.1, 0.15) is 0 Å². The second kappa shape index (κ2) is 10.4. The lowest BCUT2D eigenvalue weighted by Crippen LogP contribution is -2.39. The third-order valence-electron chi connectivity index (χ3n) is 3.58. The number of aliphatic imine (C=N–C) groups is 1. The van der Waals surface area contributed by atoms with E-state index in [-0.39, 0.29) is 6.04 Å². The summed E-state index contributed by atoms with van der Waals surface area (Å²) in [5, 5.41) is 0. The van der Waals surface area contributed by atoms with Gasteiger partial charge in [-0.25, -0.2) is 0 Å². The van der Waals surface area contributed by atoms with E-state index in [1.807, 2.05) is 37.3 Å². The van der Waals surface area contributed by atoms with Crippen molar-refractivity contribution in [1.82, 2.24) is 0 Å². The molecule has 0 fully saturated rings. The van der Waals surface area contributed by atoms with Gasteiger partial charge in [0.2, 0.25) is 0 Å². The van der Waals surface area contributed by atoms with Crippen LogP contribution in [0.5, 0.6) is 0 Å². The first-order chi connectivity index (χ1) is 13.2. The number of hydrogen-bond donors (Lipinski definition) is 0. The van der Waals surface area contributed by atoms with Gasteiger partial charge in [-0.15, -0.1) is 0 Å². The average Bonchev–Trinajstić information content (AvgIpc) is 2.57. The summed E-state index contributed by atoms with van der Waals surface area (Å²) in [5.41, 5.74) is 1.07. The SMILES string of the molecule is C[C@H](N=Cc1ccc(C(F)(F)F)cc1)c1ccccc1.C[Si](C)(C)O[Si](C)(C)C. The molecule has 2 nitrogen and oxygen atoms in total. The summed E-state index contributed by atoms with van der Waals surface area (Å²) < 4.78 is 43.2. The molecule has 0 radical (unpaired) electrons. The molecule has 0 N–H and O–H groups in total. The fraction of sp³-hybridized carbons (Fsp3) is 0.409. The Balaban J connectivity index is 0.000000396. The van der Waals surface area contributed by atoms with Crippen LogP contribution in [-0.4, -0.2) is 22.8 Å². The van der Waals surface area contributed by atoms with Gasteiger partial charge in [-0.2, -0.15) is 13.2 Å². The van der Waals surface area contributed by atoms with Gasteiger partial charge in [0, 0.05) is 6.21 Å². The molecule has 0 aliphatic carbocycles. The van der Waals surface area contributed by atoms with E-state index in [4.69, 9.17) is 4.12 Å². The van der Waals surface area contributed by atoms with E-state index in [0.29, 0.717) is 5.56 Å². The Hall–Kier alpha value is -1.71. The van der Waals surface area contributed by atoms with E-state index in [1.54, 1.807) is 6.21 Å². The molecule has 2 aromatic rings. The molecule has 0 saturated carbocycles. The lowest BCUT2D eigenvalue weighted by atomic mass is 10.1. The van der Waals surface area contributed by atoms with Crippen molar-refractivity contribution in [3.8, 4) is 0 Å². The first-order valence-corrected chi connectivity index (χ1v) is 16.4. The van der Waals surface area contributed by atoms with Crippen molar-refractivity contribution < 1.29 is 17.3 Å². The Morgan fingerprint density at radius 2 is 1.31 bits per heavy atom. The highest BCUT2D eigenvalue weighted by Gasteiger charge is 2.29. The van der Waals surface area contributed by atoms with E-state index < -0.39 is 28.4 Å². The molecule has 2 aromatic carbocycles. The van der Waals surface area contributed by atoms with Crippen molar-refractivity contribution in [3.63, 3.8) is 0 Å². The summed E-state index contributed by atoms with van der Waals surface area (Å²) in [7, 11) is -2.46.